The highest BCUT2D eigenvalue weighted by molar-refractivity contribution is 7.11. The van der Waals surface area contributed by atoms with Crippen LogP contribution < -0.4 is 0 Å². The molecule has 1 aromatic heterocycles. The van der Waals surface area contributed by atoms with Gasteiger partial charge in [0.05, 0.1) is 6.54 Å². The maximum Gasteiger partial charge on any atom is 0.254 e. The first-order valence-electron chi connectivity index (χ1n) is 10.4. The smallest absolute Gasteiger partial charge is 0.254 e. The van der Waals surface area contributed by atoms with Gasteiger partial charge in [0.15, 0.2) is 0 Å². The summed E-state index contributed by atoms with van der Waals surface area (Å²) in [4.78, 5) is 31.7. The fourth-order valence-corrected chi connectivity index (χ4v) is 4.20. The molecule has 0 spiro atoms. The second-order valence-corrected chi connectivity index (χ2v) is 9.29. The van der Waals surface area contributed by atoms with Gasteiger partial charge in [-0.3, -0.25) is 9.59 Å². The highest BCUT2D eigenvalue weighted by Crippen LogP contribution is 2.20. The molecule has 0 radical (unpaired) electrons. The molecule has 32 heavy (non-hydrogen) atoms. The highest BCUT2D eigenvalue weighted by Gasteiger charge is 2.25. The Kier molecular flexibility index (Phi) is 7.75. The molecule has 0 saturated carbocycles. The van der Waals surface area contributed by atoms with Gasteiger partial charge in [-0.1, -0.05) is 12.1 Å². The van der Waals surface area contributed by atoms with Gasteiger partial charge in [0.25, 0.3) is 5.91 Å². The summed E-state index contributed by atoms with van der Waals surface area (Å²) in [5.74, 6) is -1.31. The lowest BCUT2D eigenvalue weighted by Crippen LogP contribution is -2.45. The van der Waals surface area contributed by atoms with Crippen molar-refractivity contribution in [1.29, 1.82) is 0 Å². The predicted molar refractivity (Wildman–Crippen MR) is 122 cm³/mol. The summed E-state index contributed by atoms with van der Waals surface area (Å²) in [6, 6.07) is 15.1. The van der Waals surface area contributed by atoms with Crippen LogP contribution in [-0.2, 0) is 17.9 Å². The Morgan fingerprint density at radius 3 is 2.00 bits per heavy atom. The minimum Gasteiger partial charge on any atom is -0.332 e. The monoisotopic (exact) mass is 456 g/mol. The Morgan fingerprint density at radius 2 is 1.47 bits per heavy atom. The van der Waals surface area contributed by atoms with E-state index in [1.807, 2.05) is 32.9 Å². The molecule has 2 aromatic carbocycles. The number of hydrogen-bond donors (Lipinski definition) is 0. The van der Waals surface area contributed by atoms with E-state index < -0.39 is 5.82 Å². The molecule has 0 fully saturated rings. The Morgan fingerprint density at radius 1 is 0.875 bits per heavy atom. The third kappa shape index (κ3) is 6.23. The molecule has 0 aliphatic carbocycles. The Bertz CT molecular complexity index is 1060. The number of aryl methyl sites for hydroxylation is 1. The van der Waals surface area contributed by atoms with Crippen molar-refractivity contribution in [2.75, 3.05) is 6.54 Å². The number of thiophene rings is 1. The van der Waals surface area contributed by atoms with Crippen LogP contribution in [-0.4, -0.2) is 34.2 Å². The molecule has 4 nitrogen and oxygen atoms in total. The number of nitrogens with zero attached hydrogens (tertiary/aromatic N) is 2. The number of hydrogen-bond acceptors (Lipinski definition) is 3. The van der Waals surface area contributed by atoms with E-state index in [2.05, 4.69) is 0 Å². The second kappa shape index (κ2) is 10.5. The topological polar surface area (TPSA) is 40.6 Å². The molecule has 0 atom stereocenters. The van der Waals surface area contributed by atoms with Gasteiger partial charge in [0, 0.05) is 27.9 Å². The van der Waals surface area contributed by atoms with Gasteiger partial charge in [0.2, 0.25) is 5.91 Å². The van der Waals surface area contributed by atoms with E-state index in [4.69, 9.17) is 0 Å². The van der Waals surface area contributed by atoms with Crippen LogP contribution in [0.3, 0.4) is 0 Å². The largest absolute Gasteiger partial charge is 0.332 e. The quantitative estimate of drug-likeness (QED) is 0.455. The highest BCUT2D eigenvalue weighted by atomic mass is 32.1. The van der Waals surface area contributed by atoms with Crippen molar-refractivity contribution >= 4 is 23.2 Å². The van der Waals surface area contributed by atoms with Crippen molar-refractivity contribution in [3.63, 3.8) is 0 Å². The van der Waals surface area contributed by atoms with Crippen LogP contribution in [0.2, 0.25) is 0 Å². The molecule has 0 N–H and O–H groups in total. The minimum atomic E-state index is -0.426. The summed E-state index contributed by atoms with van der Waals surface area (Å²) in [7, 11) is 0. The molecular weight excluding hydrogens is 430 g/mol. The van der Waals surface area contributed by atoms with Crippen molar-refractivity contribution in [2.24, 2.45) is 0 Å². The Labute approximate surface area is 191 Å². The van der Waals surface area contributed by atoms with Gasteiger partial charge in [0.1, 0.15) is 18.2 Å². The fraction of sp³-hybridized carbons (Fsp3) is 0.280. The lowest BCUT2D eigenvalue weighted by Gasteiger charge is -2.30. The number of rotatable bonds is 8. The average molecular weight is 457 g/mol. The van der Waals surface area contributed by atoms with Crippen molar-refractivity contribution < 1.29 is 18.4 Å². The number of carbonyl (C=O) groups excluding carboxylic acids is 2. The van der Waals surface area contributed by atoms with E-state index >= 15 is 0 Å². The SMILES string of the molecule is Cc1ccc(CN(Cc2ccc(F)cc2)C(=O)CN(C(=O)c2ccc(F)cc2)C(C)C)s1. The zero-order valence-electron chi connectivity index (χ0n) is 18.3. The van der Waals surface area contributed by atoms with E-state index in [0.717, 1.165) is 15.3 Å². The third-order valence-corrected chi connectivity index (χ3v) is 6.05. The van der Waals surface area contributed by atoms with E-state index in [9.17, 15) is 18.4 Å². The van der Waals surface area contributed by atoms with Gasteiger partial charge < -0.3 is 9.80 Å². The standard InChI is InChI=1S/C25H26F2N2O2S/c1-17(2)29(25(31)20-7-11-22(27)12-8-20)16-24(30)28(15-23-13-4-18(3)32-23)14-19-5-9-21(26)10-6-19/h4-13,17H,14-16H2,1-3H3. The number of halogens is 2. The zero-order chi connectivity index (χ0) is 23.3. The maximum absolute atomic E-state index is 13.3. The summed E-state index contributed by atoms with van der Waals surface area (Å²) in [6.07, 6.45) is 0. The second-order valence-electron chi connectivity index (χ2n) is 7.92. The van der Waals surface area contributed by atoms with Crippen molar-refractivity contribution in [1.82, 2.24) is 9.80 Å². The Hall–Kier alpha value is -3.06. The molecule has 0 saturated heterocycles. The van der Waals surface area contributed by atoms with Gasteiger partial charge in [-0.2, -0.15) is 0 Å². The van der Waals surface area contributed by atoms with E-state index in [1.54, 1.807) is 28.4 Å². The summed E-state index contributed by atoms with van der Waals surface area (Å²) >= 11 is 1.61. The molecule has 0 unspecified atom stereocenters. The number of amides is 2. The van der Waals surface area contributed by atoms with Gasteiger partial charge in [-0.25, -0.2) is 8.78 Å². The minimum absolute atomic E-state index is 0.112. The van der Waals surface area contributed by atoms with Crippen LogP contribution in [0.1, 0.15) is 39.5 Å². The molecule has 7 heteroatoms. The Balaban J connectivity index is 1.81. The third-order valence-electron chi connectivity index (χ3n) is 5.06. The first kappa shape index (κ1) is 23.6. The lowest BCUT2D eigenvalue weighted by atomic mass is 10.1. The van der Waals surface area contributed by atoms with E-state index in [-0.39, 0.29) is 30.2 Å². The van der Waals surface area contributed by atoms with Crippen molar-refractivity contribution in [3.05, 3.63) is 93.2 Å². The first-order chi connectivity index (χ1) is 15.2. The summed E-state index contributed by atoms with van der Waals surface area (Å²) in [5.41, 5.74) is 1.13. The van der Waals surface area contributed by atoms with Crippen LogP contribution in [0.25, 0.3) is 0 Å². The first-order valence-corrected chi connectivity index (χ1v) is 11.2. The summed E-state index contributed by atoms with van der Waals surface area (Å²) < 4.78 is 26.6. The molecule has 2 amide bonds. The molecule has 3 aromatic rings. The molecule has 168 valence electrons. The molecule has 0 aliphatic heterocycles. The van der Waals surface area contributed by atoms with Crippen LogP contribution in [0.15, 0.2) is 60.7 Å². The molecule has 1 heterocycles. The van der Waals surface area contributed by atoms with Crippen LogP contribution in [0.5, 0.6) is 0 Å². The molecule has 0 bridgehead atoms. The van der Waals surface area contributed by atoms with Crippen LogP contribution in [0.4, 0.5) is 8.78 Å². The van der Waals surface area contributed by atoms with Crippen molar-refractivity contribution in [2.45, 2.75) is 39.9 Å². The summed E-state index contributed by atoms with van der Waals surface area (Å²) in [6.45, 7) is 6.25. The van der Waals surface area contributed by atoms with Gasteiger partial charge in [-0.15, -0.1) is 11.3 Å². The molecular formula is C25H26F2N2O2S. The molecule has 0 aliphatic rings. The zero-order valence-corrected chi connectivity index (χ0v) is 19.2. The van der Waals surface area contributed by atoms with Gasteiger partial charge in [-0.05, 0) is 74.9 Å². The normalized spacial score (nSPS) is 10.9. The molecule has 3 rings (SSSR count). The van der Waals surface area contributed by atoms with E-state index in [0.29, 0.717) is 18.7 Å². The van der Waals surface area contributed by atoms with Gasteiger partial charge >= 0.3 is 0 Å². The van der Waals surface area contributed by atoms with E-state index in [1.165, 1.54) is 41.3 Å². The fourth-order valence-electron chi connectivity index (χ4n) is 3.29. The lowest BCUT2D eigenvalue weighted by molar-refractivity contribution is -0.133. The predicted octanol–water partition coefficient (Wildman–Crippen LogP) is 5.41. The van der Waals surface area contributed by atoms with Crippen LogP contribution in [0, 0.1) is 18.6 Å². The van der Waals surface area contributed by atoms with Crippen molar-refractivity contribution in [3.8, 4) is 0 Å². The number of benzene rings is 2. The average Bonchev–Trinajstić information content (AvgIpc) is 3.17. The maximum atomic E-state index is 13.3. The summed E-state index contributed by atoms with van der Waals surface area (Å²) in [5, 5.41) is 0. The van der Waals surface area contributed by atoms with Crippen LogP contribution >= 0.6 is 11.3 Å². The number of carbonyl (C=O) groups is 2.